The van der Waals surface area contributed by atoms with E-state index in [0.29, 0.717) is 11.9 Å². The van der Waals surface area contributed by atoms with E-state index in [2.05, 4.69) is 39.0 Å². The molecule has 3 heterocycles. The van der Waals surface area contributed by atoms with Crippen molar-refractivity contribution in [1.29, 1.82) is 0 Å². The Labute approximate surface area is 143 Å². The van der Waals surface area contributed by atoms with Crippen LogP contribution in [0.25, 0.3) is 0 Å². The van der Waals surface area contributed by atoms with Gasteiger partial charge in [-0.15, -0.1) is 0 Å². The molecule has 1 saturated heterocycles. The molecule has 0 aromatic carbocycles. The lowest BCUT2D eigenvalue weighted by Crippen LogP contribution is -2.33. The zero-order valence-corrected chi connectivity index (χ0v) is 15.2. The molecule has 2 aromatic heterocycles. The molecule has 1 unspecified atom stereocenters. The maximum atomic E-state index is 5.07. The second-order valence-electron chi connectivity index (χ2n) is 6.90. The first kappa shape index (κ1) is 17.1. The first-order chi connectivity index (χ1) is 11.5. The van der Waals surface area contributed by atoms with Crippen LogP contribution in [0.3, 0.4) is 0 Å². The third-order valence-corrected chi connectivity index (χ3v) is 5.02. The maximum absolute atomic E-state index is 5.07. The quantitative estimate of drug-likeness (QED) is 0.833. The third kappa shape index (κ3) is 4.02. The normalized spacial score (nSPS) is 19.8. The van der Waals surface area contributed by atoms with Crippen molar-refractivity contribution < 1.29 is 4.52 Å². The van der Waals surface area contributed by atoms with Gasteiger partial charge in [0.25, 0.3) is 0 Å². The Kier molecular flexibility index (Phi) is 5.30. The Balaban J connectivity index is 1.54. The van der Waals surface area contributed by atoms with Crippen LogP contribution in [-0.4, -0.2) is 55.9 Å². The summed E-state index contributed by atoms with van der Waals surface area (Å²) in [6.45, 7) is 7.98. The summed E-state index contributed by atoms with van der Waals surface area (Å²) in [4.78, 5) is 9.23. The van der Waals surface area contributed by atoms with Crippen LogP contribution in [0.4, 0.5) is 0 Å². The molecule has 1 aliphatic rings. The molecule has 7 nitrogen and oxygen atoms in total. The summed E-state index contributed by atoms with van der Waals surface area (Å²) in [5.41, 5.74) is 2.60. The fourth-order valence-electron chi connectivity index (χ4n) is 3.51. The topological polar surface area (TPSA) is 63.2 Å². The summed E-state index contributed by atoms with van der Waals surface area (Å²) in [7, 11) is 4.20. The fraction of sp³-hybridized carbons (Fsp3) is 0.706. The van der Waals surface area contributed by atoms with Gasteiger partial charge in [-0.1, -0.05) is 5.16 Å². The molecule has 1 aliphatic heterocycles. The smallest absolute Gasteiger partial charge is 0.223 e. The molecule has 1 fully saturated rings. The monoisotopic (exact) mass is 332 g/mol. The van der Waals surface area contributed by atoms with E-state index in [1.54, 1.807) is 0 Å². The minimum atomic E-state index is 0.571. The standard InChI is InChI=1S/C17H28N6O/c1-13-10-18-22(4)16(13)11-23-8-5-6-15(7-9-23)21(3)12-17-19-14(2)24-20-17/h10,15H,5-9,11-12H2,1-4H3. The number of hydrogen-bond acceptors (Lipinski definition) is 6. The Morgan fingerprint density at radius 3 is 2.79 bits per heavy atom. The molecule has 24 heavy (non-hydrogen) atoms. The molecule has 0 radical (unpaired) electrons. The molecule has 1 atom stereocenters. The summed E-state index contributed by atoms with van der Waals surface area (Å²) >= 11 is 0. The van der Waals surface area contributed by atoms with Crippen molar-refractivity contribution in [3.8, 4) is 0 Å². The van der Waals surface area contributed by atoms with E-state index in [4.69, 9.17) is 4.52 Å². The van der Waals surface area contributed by atoms with Crippen molar-refractivity contribution in [2.45, 2.75) is 52.2 Å². The Bertz CT molecular complexity index is 644. The first-order valence-corrected chi connectivity index (χ1v) is 8.72. The van der Waals surface area contributed by atoms with E-state index < -0.39 is 0 Å². The van der Waals surface area contributed by atoms with E-state index in [9.17, 15) is 0 Å². The first-order valence-electron chi connectivity index (χ1n) is 8.72. The summed E-state index contributed by atoms with van der Waals surface area (Å²) in [6, 6.07) is 0.571. The molecular weight excluding hydrogens is 304 g/mol. The van der Waals surface area contributed by atoms with Crippen LogP contribution >= 0.6 is 0 Å². The summed E-state index contributed by atoms with van der Waals surface area (Å²) in [5.74, 6) is 1.42. The minimum absolute atomic E-state index is 0.571. The summed E-state index contributed by atoms with van der Waals surface area (Å²) < 4.78 is 7.07. The minimum Gasteiger partial charge on any atom is -0.340 e. The zero-order chi connectivity index (χ0) is 17.1. The summed E-state index contributed by atoms with van der Waals surface area (Å²) in [6.07, 6.45) is 5.56. The Morgan fingerprint density at radius 2 is 2.12 bits per heavy atom. The highest BCUT2D eigenvalue weighted by molar-refractivity contribution is 5.15. The molecule has 0 N–H and O–H groups in total. The van der Waals surface area contributed by atoms with Crippen LogP contribution in [0.2, 0.25) is 0 Å². The highest BCUT2D eigenvalue weighted by Gasteiger charge is 2.22. The molecule has 3 rings (SSSR count). The largest absolute Gasteiger partial charge is 0.340 e. The fourth-order valence-corrected chi connectivity index (χ4v) is 3.51. The molecule has 2 aromatic rings. The number of rotatable bonds is 5. The van der Waals surface area contributed by atoms with Gasteiger partial charge in [-0.05, 0) is 45.3 Å². The van der Waals surface area contributed by atoms with Gasteiger partial charge in [0.1, 0.15) is 0 Å². The predicted molar refractivity (Wildman–Crippen MR) is 91.4 cm³/mol. The van der Waals surface area contributed by atoms with E-state index in [-0.39, 0.29) is 0 Å². The van der Waals surface area contributed by atoms with E-state index >= 15 is 0 Å². The molecule has 0 saturated carbocycles. The number of aromatic nitrogens is 4. The van der Waals surface area contributed by atoms with Crippen LogP contribution in [0.1, 0.15) is 42.2 Å². The number of nitrogens with zero attached hydrogens (tertiary/aromatic N) is 6. The van der Waals surface area contributed by atoms with Gasteiger partial charge in [-0.2, -0.15) is 10.1 Å². The predicted octanol–water partition coefficient (Wildman–Crippen LogP) is 1.91. The molecule has 0 aliphatic carbocycles. The highest BCUT2D eigenvalue weighted by atomic mass is 16.5. The van der Waals surface area contributed by atoms with Gasteiger partial charge in [-0.3, -0.25) is 14.5 Å². The van der Waals surface area contributed by atoms with Crippen molar-refractivity contribution in [3.63, 3.8) is 0 Å². The Hall–Kier alpha value is -1.73. The van der Waals surface area contributed by atoms with Crippen molar-refractivity contribution in [3.05, 3.63) is 29.2 Å². The van der Waals surface area contributed by atoms with Crippen molar-refractivity contribution in [2.75, 3.05) is 20.1 Å². The van der Waals surface area contributed by atoms with Crippen molar-refractivity contribution in [2.24, 2.45) is 7.05 Å². The van der Waals surface area contributed by atoms with Gasteiger partial charge in [-0.25, -0.2) is 0 Å². The van der Waals surface area contributed by atoms with Crippen LogP contribution < -0.4 is 0 Å². The highest BCUT2D eigenvalue weighted by Crippen LogP contribution is 2.19. The lowest BCUT2D eigenvalue weighted by atomic mass is 10.1. The number of likely N-dealkylation sites (tertiary alicyclic amines) is 1. The van der Waals surface area contributed by atoms with Crippen molar-refractivity contribution in [1.82, 2.24) is 29.7 Å². The van der Waals surface area contributed by atoms with Crippen LogP contribution in [0.15, 0.2) is 10.7 Å². The van der Waals surface area contributed by atoms with Gasteiger partial charge in [0.05, 0.1) is 18.4 Å². The summed E-state index contributed by atoms with van der Waals surface area (Å²) in [5, 5.41) is 8.37. The van der Waals surface area contributed by atoms with Crippen LogP contribution in [0.5, 0.6) is 0 Å². The third-order valence-electron chi connectivity index (χ3n) is 5.02. The Morgan fingerprint density at radius 1 is 1.29 bits per heavy atom. The van der Waals surface area contributed by atoms with E-state index in [1.807, 2.05) is 24.9 Å². The average Bonchev–Trinajstić information content (AvgIpc) is 2.99. The van der Waals surface area contributed by atoms with E-state index in [1.165, 1.54) is 30.5 Å². The number of aryl methyl sites for hydroxylation is 3. The molecular formula is C17H28N6O. The molecule has 7 heteroatoms. The lowest BCUT2D eigenvalue weighted by molar-refractivity contribution is 0.199. The molecule has 0 bridgehead atoms. The molecule has 0 spiro atoms. The van der Waals surface area contributed by atoms with Gasteiger partial charge in [0.15, 0.2) is 5.82 Å². The van der Waals surface area contributed by atoms with Gasteiger partial charge in [0.2, 0.25) is 5.89 Å². The molecule has 0 amide bonds. The SMILES string of the molecule is Cc1nc(CN(C)C2CCCN(Cc3c(C)cnn3C)CC2)no1. The maximum Gasteiger partial charge on any atom is 0.223 e. The van der Waals surface area contributed by atoms with E-state index in [0.717, 1.165) is 32.0 Å². The molecule has 132 valence electrons. The number of hydrogen-bond donors (Lipinski definition) is 0. The van der Waals surface area contributed by atoms with Gasteiger partial charge in [0, 0.05) is 33.1 Å². The second-order valence-corrected chi connectivity index (χ2v) is 6.90. The zero-order valence-electron chi connectivity index (χ0n) is 15.2. The average molecular weight is 332 g/mol. The van der Waals surface area contributed by atoms with Crippen LogP contribution in [-0.2, 0) is 20.1 Å². The van der Waals surface area contributed by atoms with Crippen molar-refractivity contribution >= 4 is 0 Å². The van der Waals surface area contributed by atoms with Gasteiger partial charge < -0.3 is 4.52 Å². The second kappa shape index (κ2) is 7.44. The van der Waals surface area contributed by atoms with Crippen LogP contribution in [0, 0.1) is 13.8 Å². The van der Waals surface area contributed by atoms with Gasteiger partial charge >= 0.3 is 0 Å². The lowest BCUT2D eigenvalue weighted by Gasteiger charge is -2.26.